The van der Waals surface area contributed by atoms with Crippen molar-refractivity contribution in [3.63, 3.8) is 0 Å². The molecule has 3 aromatic carbocycles. The van der Waals surface area contributed by atoms with Crippen molar-refractivity contribution in [2.24, 2.45) is 5.10 Å². The van der Waals surface area contributed by atoms with Gasteiger partial charge < -0.3 is 14.3 Å². The van der Waals surface area contributed by atoms with Crippen molar-refractivity contribution >= 4 is 50.0 Å². The molecule has 35 heavy (non-hydrogen) atoms. The zero-order valence-corrected chi connectivity index (χ0v) is 20.0. The largest absolute Gasteiger partial charge is 0.479 e. The van der Waals surface area contributed by atoms with Crippen LogP contribution in [0.15, 0.2) is 91.6 Å². The fourth-order valence-electron chi connectivity index (χ4n) is 3.57. The smallest absolute Gasteiger partial charge is 0.344 e. The van der Waals surface area contributed by atoms with E-state index in [9.17, 15) is 14.7 Å². The first kappa shape index (κ1) is 22.5. The molecular weight excluding hydrogens is 514 g/mol. The molecule has 1 atom stereocenters. The Labute approximate surface area is 207 Å². The first-order valence-electron chi connectivity index (χ1n) is 10.6. The number of aliphatic carboxylic acids is 1. The molecule has 0 aliphatic carbocycles. The Morgan fingerprint density at radius 1 is 1.14 bits per heavy atom. The third-order valence-corrected chi connectivity index (χ3v) is 5.83. The molecule has 0 amide bonds. The third kappa shape index (κ3) is 4.45. The van der Waals surface area contributed by atoms with Gasteiger partial charge in [0.15, 0.2) is 11.9 Å². The fraction of sp³-hybridized carbons (Fsp3) is 0.0769. The molecule has 0 saturated carbocycles. The average Bonchev–Trinajstić information content (AvgIpc) is 3.27. The van der Waals surface area contributed by atoms with Gasteiger partial charge in [-0.2, -0.15) is 9.78 Å². The van der Waals surface area contributed by atoms with Gasteiger partial charge in [-0.25, -0.2) is 9.78 Å². The minimum atomic E-state index is -1.09. The summed E-state index contributed by atoms with van der Waals surface area (Å²) >= 11 is 3.46. The molecule has 0 fully saturated rings. The number of para-hydroxylation sites is 2. The molecule has 8 nitrogen and oxygen atoms in total. The summed E-state index contributed by atoms with van der Waals surface area (Å²) in [6.45, 7) is 1.44. The van der Waals surface area contributed by atoms with E-state index in [1.54, 1.807) is 54.6 Å². The maximum Gasteiger partial charge on any atom is 0.344 e. The topological polar surface area (TPSA) is 107 Å². The Morgan fingerprint density at radius 3 is 2.74 bits per heavy atom. The van der Waals surface area contributed by atoms with Gasteiger partial charge in [0.1, 0.15) is 11.3 Å². The molecule has 0 unspecified atom stereocenters. The molecule has 5 aromatic rings. The van der Waals surface area contributed by atoms with Crippen LogP contribution in [-0.2, 0) is 4.79 Å². The Morgan fingerprint density at radius 2 is 1.91 bits per heavy atom. The van der Waals surface area contributed by atoms with Gasteiger partial charge in [0.2, 0.25) is 5.82 Å². The third-order valence-electron chi connectivity index (χ3n) is 5.34. The Hall–Kier alpha value is -4.24. The summed E-state index contributed by atoms with van der Waals surface area (Å²) in [4.78, 5) is 29.3. The van der Waals surface area contributed by atoms with E-state index in [-0.39, 0.29) is 11.4 Å². The second-order valence-corrected chi connectivity index (χ2v) is 8.66. The average molecular weight is 532 g/mol. The first-order chi connectivity index (χ1) is 16.9. The maximum atomic E-state index is 13.4. The zero-order chi connectivity index (χ0) is 24.5. The lowest BCUT2D eigenvalue weighted by Crippen LogP contribution is -2.23. The molecule has 0 aliphatic heterocycles. The quantitative estimate of drug-likeness (QED) is 0.297. The number of aromatic nitrogens is 2. The van der Waals surface area contributed by atoms with Crippen LogP contribution in [-0.4, -0.2) is 33.1 Å². The van der Waals surface area contributed by atoms with E-state index < -0.39 is 12.1 Å². The molecular formula is C26H18BrN3O5. The SMILES string of the molecule is C[C@@H](Oc1ccccc1C=Nn1c(-c2cc3cc(Br)ccc3o2)nc2ccccc2c1=O)C(=O)O. The highest BCUT2D eigenvalue weighted by atomic mass is 79.9. The second-order valence-electron chi connectivity index (χ2n) is 7.74. The highest BCUT2D eigenvalue weighted by Gasteiger charge is 2.17. The Balaban J connectivity index is 1.66. The number of halogens is 1. The van der Waals surface area contributed by atoms with Gasteiger partial charge in [-0.3, -0.25) is 4.79 Å². The van der Waals surface area contributed by atoms with Crippen LogP contribution in [0.3, 0.4) is 0 Å². The highest BCUT2D eigenvalue weighted by molar-refractivity contribution is 9.10. The van der Waals surface area contributed by atoms with Crippen LogP contribution in [0.4, 0.5) is 0 Å². The predicted octanol–water partition coefficient (Wildman–Crippen LogP) is 5.31. The predicted molar refractivity (Wildman–Crippen MR) is 136 cm³/mol. The van der Waals surface area contributed by atoms with Crippen molar-refractivity contribution < 1.29 is 19.1 Å². The van der Waals surface area contributed by atoms with E-state index in [4.69, 9.17) is 9.15 Å². The summed E-state index contributed by atoms with van der Waals surface area (Å²) < 4.78 is 13.6. The normalized spacial score (nSPS) is 12.4. The van der Waals surface area contributed by atoms with E-state index in [0.717, 1.165) is 9.86 Å². The van der Waals surface area contributed by atoms with Crippen molar-refractivity contribution in [2.75, 3.05) is 0 Å². The van der Waals surface area contributed by atoms with Gasteiger partial charge >= 0.3 is 5.97 Å². The number of furan rings is 1. The Bertz CT molecular complexity index is 1670. The molecule has 0 radical (unpaired) electrons. The Kier molecular flexibility index (Phi) is 5.92. The van der Waals surface area contributed by atoms with Crippen LogP contribution < -0.4 is 10.3 Å². The summed E-state index contributed by atoms with van der Waals surface area (Å²) in [5.74, 6) is -0.162. The summed E-state index contributed by atoms with van der Waals surface area (Å²) in [5.41, 5.74) is 1.28. The van der Waals surface area contributed by atoms with Crippen LogP contribution >= 0.6 is 15.9 Å². The van der Waals surface area contributed by atoms with Crippen molar-refractivity contribution in [3.8, 4) is 17.3 Å². The van der Waals surface area contributed by atoms with E-state index in [1.165, 1.54) is 17.8 Å². The number of benzene rings is 3. The molecule has 1 N–H and O–H groups in total. The lowest BCUT2D eigenvalue weighted by molar-refractivity contribution is -0.144. The monoisotopic (exact) mass is 531 g/mol. The van der Waals surface area contributed by atoms with E-state index >= 15 is 0 Å². The number of fused-ring (bicyclic) bond motifs is 2. The number of carbonyl (C=O) groups is 1. The van der Waals surface area contributed by atoms with Crippen molar-refractivity contribution in [3.05, 3.63) is 93.2 Å². The summed E-state index contributed by atoms with van der Waals surface area (Å²) in [6, 6.07) is 21.2. The van der Waals surface area contributed by atoms with Gasteiger partial charge in [0, 0.05) is 15.4 Å². The molecule has 174 valence electrons. The summed E-state index contributed by atoms with van der Waals surface area (Å²) in [6.07, 6.45) is 0.380. The van der Waals surface area contributed by atoms with Gasteiger partial charge in [0.05, 0.1) is 17.1 Å². The van der Waals surface area contributed by atoms with Gasteiger partial charge in [-0.15, -0.1) is 0 Å². The summed E-state index contributed by atoms with van der Waals surface area (Å²) in [7, 11) is 0. The van der Waals surface area contributed by atoms with Crippen LogP contribution in [0.2, 0.25) is 0 Å². The minimum absolute atomic E-state index is 0.231. The van der Waals surface area contributed by atoms with Crippen LogP contribution in [0.25, 0.3) is 33.5 Å². The van der Waals surface area contributed by atoms with Crippen molar-refractivity contribution in [1.82, 2.24) is 9.66 Å². The number of carboxylic acid groups (broad SMARTS) is 1. The van der Waals surface area contributed by atoms with E-state index in [0.29, 0.717) is 33.6 Å². The van der Waals surface area contributed by atoms with E-state index in [1.807, 2.05) is 18.2 Å². The number of rotatable bonds is 6. The number of nitrogens with zero attached hydrogens (tertiary/aromatic N) is 3. The summed E-state index contributed by atoms with van der Waals surface area (Å²) in [5, 5.41) is 14.9. The molecule has 0 spiro atoms. The molecule has 9 heteroatoms. The minimum Gasteiger partial charge on any atom is -0.479 e. The van der Waals surface area contributed by atoms with Gasteiger partial charge in [0.25, 0.3) is 5.56 Å². The highest BCUT2D eigenvalue weighted by Crippen LogP contribution is 2.29. The molecule has 0 saturated heterocycles. The maximum absolute atomic E-state index is 13.4. The zero-order valence-electron chi connectivity index (χ0n) is 18.4. The molecule has 0 bridgehead atoms. The fourth-order valence-corrected chi connectivity index (χ4v) is 3.95. The molecule has 5 rings (SSSR count). The standard InChI is InChI=1S/C26H18BrN3O5/c1-15(26(32)33)34-21-9-5-2-6-16(21)14-28-30-24(29-20-8-4-3-7-19(20)25(30)31)23-13-17-12-18(27)10-11-22(17)35-23/h2-15H,1H3,(H,32,33)/t15-/m1/s1. The number of carboxylic acids is 1. The van der Waals surface area contributed by atoms with Crippen LogP contribution in [0.5, 0.6) is 5.75 Å². The van der Waals surface area contributed by atoms with Gasteiger partial charge in [-0.1, -0.05) is 40.2 Å². The second kappa shape index (κ2) is 9.19. The molecule has 0 aliphatic rings. The lowest BCUT2D eigenvalue weighted by atomic mass is 10.2. The van der Waals surface area contributed by atoms with Crippen LogP contribution in [0, 0.1) is 0 Å². The van der Waals surface area contributed by atoms with Crippen molar-refractivity contribution in [2.45, 2.75) is 13.0 Å². The van der Waals surface area contributed by atoms with Gasteiger partial charge in [-0.05, 0) is 55.5 Å². The molecule has 2 heterocycles. The number of hydrogen-bond donors (Lipinski definition) is 1. The number of ether oxygens (including phenoxy) is 1. The first-order valence-corrected chi connectivity index (χ1v) is 11.4. The van der Waals surface area contributed by atoms with Crippen molar-refractivity contribution in [1.29, 1.82) is 0 Å². The number of hydrogen-bond acceptors (Lipinski definition) is 6. The van der Waals surface area contributed by atoms with E-state index in [2.05, 4.69) is 26.0 Å². The molecule has 2 aromatic heterocycles. The van der Waals surface area contributed by atoms with Crippen LogP contribution in [0.1, 0.15) is 12.5 Å². The lowest BCUT2D eigenvalue weighted by Gasteiger charge is -2.12.